The molecular weight excluding hydrogens is 466 g/mol. The van der Waals surface area contributed by atoms with E-state index in [4.69, 9.17) is 13.9 Å². The highest BCUT2D eigenvalue weighted by Gasteiger charge is 2.12. The number of ether oxygens (including phenoxy) is 2. The van der Waals surface area contributed by atoms with Gasteiger partial charge in [0.05, 0.1) is 19.9 Å². The van der Waals surface area contributed by atoms with Crippen LogP contribution in [-0.2, 0) is 0 Å². The molecule has 3 aromatic rings. The van der Waals surface area contributed by atoms with E-state index in [1.807, 2.05) is 0 Å². The monoisotopic (exact) mass is 485 g/mol. The van der Waals surface area contributed by atoms with Gasteiger partial charge in [0, 0.05) is 17.3 Å². The molecule has 31 heavy (non-hydrogen) atoms. The van der Waals surface area contributed by atoms with Crippen LogP contribution in [0, 0.1) is 0 Å². The highest BCUT2D eigenvalue weighted by molar-refractivity contribution is 9.10. The number of carbonyl (C=O) groups excluding carboxylic acids is 2. The van der Waals surface area contributed by atoms with Crippen molar-refractivity contribution in [3.8, 4) is 11.5 Å². The van der Waals surface area contributed by atoms with Crippen molar-refractivity contribution in [3.63, 3.8) is 0 Å². The first-order chi connectivity index (χ1) is 14.9. The lowest BCUT2D eigenvalue weighted by Crippen LogP contribution is -2.19. The Labute approximate surface area is 187 Å². The first-order valence-corrected chi connectivity index (χ1v) is 9.93. The number of hydrogen-bond donors (Lipinski definition) is 2. The first kappa shape index (κ1) is 22.1. The van der Waals surface area contributed by atoms with Gasteiger partial charge < -0.3 is 19.2 Å². The molecule has 8 nitrogen and oxygen atoms in total. The van der Waals surface area contributed by atoms with E-state index in [2.05, 4.69) is 31.8 Å². The molecule has 0 aliphatic carbocycles. The van der Waals surface area contributed by atoms with Crippen molar-refractivity contribution in [1.82, 2.24) is 5.43 Å². The second kappa shape index (κ2) is 9.94. The van der Waals surface area contributed by atoms with Crippen LogP contribution >= 0.6 is 15.9 Å². The normalized spacial score (nSPS) is 11.0. The van der Waals surface area contributed by atoms with Crippen molar-refractivity contribution in [2.45, 2.75) is 6.92 Å². The maximum absolute atomic E-state index is 12.4. The molecule has 160 valence electrons. The van der Waals surface area contributed by atoms with Crippen LogP contribution in [0.25, 0.3) is 0 Å². The Balaban J connectivity index is 1.65. The molecule has 0 unspecified atom stereocenters. The van der Waals surface area contributed by atoms with E-state index in [0.29, 0.717) is 33.1 Å². The summed E-state index contributed by atoms with van der Waals surface area (Å²) in [5.41, 5.74) is 4.85. The average Bonchev–Trinajstić information content (AvgIpc) is 3.23. The molecule has 0 spiro atoms. The van der Waals surface area contributed by atoms with Crippen LogP contribution in [0.4, 0.5) is 5.69 Å². The number of nitrogens with zero attached hydrogens (tertiary/aromatic N) is 1. The lowest BCUT2D eigenvalue weighted by molar-refractivity contribution is 0.0952. The minimum atomic E-state index is -0.398. The third kappa shape index (κ3) is 5.73. The number of carbonyl (C=O) groups is 2. The van der Waals surface area contributed by atoms with Crippen LogP contribution < -0.4 is 20.2 Å². The fourth-order valence-corrected chi connectivity index (χ4v) is 2.93. The van der Waals surface area contributed by atoms with Gasteiger partial charge in [0.1, 0.15) is 11.5 Å². The SMILES string of the molecule is COc1cc(OC)cc(C(=O)N/N=C(\C)c2ccc(NC(=O)c3ccc(Br)o3)cc2)c1. The Kier molecular flexibility index (Phi) is 7.09. The molecule has 2 aromatic carbocycles. The predicted octanol–water partition coefficient (Wildman–Crippen LogP) is 4.47. The zero-order chi connectivity index (χ0) is 22.4. The Morgan fingerprint density at radius 2 is 1.55 bits per heavy atom. The van der Waals surface area contributed by atoms with Gasteiger partial charge in [-0.15, -0.1) is 0 Å². The molecule has 0 aliphatic rings. The Morgan fingerprint density at radius 3 is 2.10 bits per heavy atom. The zero-order valence-electron chi connectivity index (χ0n) is 17.1. The molecule has 0 saturated carbocycles. The lowest BCUT2D eigenvalue weighted by Gasteiger charge is -2.08. The predicted molar refractivity (Wildman–Crippen MR) is 120 cm³/mol. The molecule has 1 aromatic heterocycles. The number of rotatable bonds is 7. The van der Waals surface area contributed by atoms with E-state index in [1.165, 1.54) is 14.2 Å². The van der Waals surface area contributed by atoms with Crippen molar-refractivity contribution in [3.05, 3.63) is 76.2 Å². The number of furan rings is 1. The number of halogens is 1. The Bertz CT molecular complexity index is 1100. The van der Waals surface area contributed by atoms with Crippen molar-refractivity contribution in [2.24, 2.45) is 5.10 Å². The summed E-state index contributed by atoms with van der Waals surface area (Å²) in [5, 5.41) is 6.89. The number of nitrogens with one attached hydrogen (secondary N) is 2. The van der Waals surface area contributed by atoms with Gasteiger partial charge in [0.15, 0.2) is 10.4 Å². The molecule has 2 amide bonds. The van der Waals surface area contributed by atoms with Gasteiger partial charge in [-0.1, -0.05) is 12.1 Å². The Hall–Kier alpha value is -3.59. The van der Waals surface area contributed by atoms with Gasteiger partial charge in [-0.3, -0.25) is 9.59 Å². The van der Waals surface area contributed by atoms with Gasteiger partial charge in [-0.2, -0.15) is 5.10 Å². The topological polar surface area (TPSA) is 102 Å². The van der Waals surface area contributed by atoms with E-state index in [1.54, 1.807) is 61.5 Å². The van der Waals surface area contributed by atoms with Crippen molar-refractivity contribution < 1.29 is 23.5 Å². The average molecular weight is 486 g/mol. The number of hydrogen-bond acceptors (Lipinski definition) is 6. The molecule has 0 atom stereocenters. The van der Waals surface area contributed by atoms with E-state index < -0.39 is 5.91 Å². The molecule has 9 heteroatoms. The summed E-state index contributed by atoms with van der Waals surface area (Å²) < 4.78 is 16.1. The lowest BCUT2D eigenvalue weighted by atomic mass is 10.1. The third-order valence-electron chi connectivity index (χ3n) is 4.30. The fourth-order valence-electron chi connectivity index (χ4n) is 2.63. The van der Waals surface area contributed by atoms with Gasteiger partial charge in [-0.25, -0.2) is 5.43 Å². The molecule has 3 rings (SSSR count). The summed E-state index contributed by atoms with van der Waals surface area (Å²) in [6.45, 7) is 1.76. The third-order valence-corrected chi connectivity index (χ3v) is 4.72. The van der Waals surface area contributed by atoms with Crippen molar-refractivity contribution in [2.75, 3.05) is 19.5 Å². The molecule has 0 radical (unpaired) electrons. The van der Waals surface area contributed by atoms with Gasteiger partial charge >= 0.3 is 0 Å². The molecule has 1 heterocycles. The van der Waals surface area contributed by atoms with Crippen LogP contribution in [0.3, 0.4) is 0 Å². The molecule has 0 aliphatic heterocycles. The highest BCUT2D eigenvalue weighted by atomic mass is 79.9. The maximum Gasteiger partial charge on any atom is 0.291 e. The summed E-state index contributed by atoms with van der Waals surface area (Å²) in [5.74, 6) is 0.454. The molecule has 2 N–H and O–H groups in total. The van der Waals surface area contributed by atoms with Gasteiger partial charge in [0.25, 0.3) is 11.8 Å². The summed E-state index contributed by atoms with van der Waals surface area (Å²) >= 11 is 3.16. The summed E-state index contributed by atoms with van der Waals surface area (Å²) in [6.07, 6.45) is 0. The van der Waals surface area contributed by atoms with Crippen molar-refractivity contribution >= 4 is 39.1 Å². The molecule has 0 bridgehead atoms. The van der Waals surface area contributed by atoms with Crippen molar-refractivity contribution in [1.29, 1.82) is 0 Å². The van der Waals surface area contributed by atoms with Crippen LogP contribution in [-0.4, -0.2) is 31.7 Å². The van der Waals surface area contributed by atoms with Crippen LogP contribution in [0.2, 0.25) is 0 Å². The summed E-state index contributed by atoms with van der Waals surface area (Å²) in [7, 11) is 3.02. The number of benzene rings is 2. The minimum Gasteiger partial charge on any atom is -0.497 e. The summed E-state index contributed by atoms with van der Waals surface area (Å²) in [6, 6.07) is 15.1. The molecule has 0 saturated heterocycles. The smallest absolute Gasteiger partial charge is 0.291 e. The molecular formula is C22H20BrN3O5. The largest absolute Gasteiger partial charge is 0.497 e. The van der Waals surface area contributed by atoms with Crippen LogP contribution in [0.15, 0.2) is 68.8 Å². The number of hydrazone groups is 1. The minimum absolute atomic E-state index is 0.200. The second-order valence-electron chi connectivity index (χ2n) is 6.37. The van der Waals surface area contributed by atoms with E-state index in [9.17, 15) is 9.59 Å². The van der Waals surface area contributed by atoms with E-state index in [-0.39, 0.29) is 11.7 Å². The fraction of sp³-hybridized carbons (Fsp3) is 0.136. The second-order valence-corrected chi connectivity index (χ2v) is 7.16. The number of methoxy groups -OCH3 is 2. The van der Waals surface area contributed by atoms with E-state index in [0.717, 1.165) is 5.56 Å². The quantitative estimate of drug-likeness (QED) is 0.379. The standard InChI is InChI=1S/C22H20BrN3O5/c1-13(25-26-21(27)15-10-17(29-2)12-18(11-15)30-3)14-4-6-16(7-5-14)24-22(28)19-8-9-20(23)31-19/h4-12H,1-3H3,(H,24,28)(H,26,27)/b25-13+. The number of anilines is 1. The maximum atomic E-state index is 12.4. The zero-order valence-corrected chi connectivity index (χ0v) is 18.6. The number of amides is 2. The van der Waals surface area contributed by atoms with Crippen LogP contribution in [0.1, 0.15) is 33.4 Å². The van der Waals surface area contributed by atoms with Gasteiger partial charge in [0.2, 0.25) is 0 Å². The molecule has 0 fully saturated rings. The van der Waals surface area contributed by atoms with Gasteiger partial charge in [-0.05, 0) is 64.8 Å². The summed E-state index contributed by atoms with van der Waals surface area (Å²) in [4.78, 5) is 24.6. The van der Waals surface area contributed by atoms with E-state index >= 15 is 0 Å². The first-order valence-electron chi connectivity index (χ1n) is 9.14. The highest BCUT2D eigenvalue weighted by Crippen LogP contribution is 2.22. The van der Waals surface area contributed by atoms with Crippen LogP contribution in [0.5, 0.6) is 11.5 Å². The Morgan fingerprint density at radius 1 is 0.903 bits per heavy atom.